The molecule has 3 N–H and O–H groups in total. The molecule has 2 unspecified atom stereocenters. The van der Waals surface area contributed by atoms with Gasteiger partial charge in [0.2, 0.25) is 0 Å². The van der Waals surface area contributed by atoms with Crippen molar-refractivity contribution in [3.05, 3.63) is 0 Å². The van der Waals surface area contributed by atoms with Crippen LogP contribution >= 0.6 is 0 Å². The summed E-state index contributed by atoms with van der Waals surface area (Å²) in [4.78, 5) is 4.72. The highest BCUT2D eigenvalue weighted by atomic mass is 16.8. The molecule has 1 saturated heterocycles. The van der Waals surface area contributed by atoms with Crippen molar-refractivity contribution in [2.75, 3.05) is 13.6 Å². The van der Waals surface area contributed by atoms with Crippen LogP contribution in [0.1, 0.15) is 0 Å². The summed E-state index contributed by atoms with van der Waals surface area (Å²) in [5.41, 5.74) is 7.82. The maximum Gasteiger partial charge on any atom is 0.0992 e. The molecule has 0 aromatic rings. The number of nitrogens with two attached hydrogens (primary N) is 1. The van der Waals surface area contributed by atoms with E-state index in [4.69, 9.17) is 10.7 Å². The molecule has 4 nitrogen and oxygen atoms in total. The van der Waals surface area contributed by atoms with Gasteiger partial charge >= 0.3 is 0 Å². The predicted octanol–water partition coefficient (Wildman–Crippen LogP) is -1.35. The van der Waals surface area contributed by atoms with Crippen molar-refractivity contribution in [2.24, 2.45) is 5.73 Å². The third-order valence-corrected chi connectivity index (χ3v) is 0.812. The van der Waals surface area contributed by atoms with Gasteiger partial charge in [-0.2, -0.15) is 5.48 Å². The van der Waals surface area contributed by atoms with Crippen molar-refractivity contribution in [1.29, 1.82) is 0 Å². The van der Waals surface area contributed by atoms with Crippen molar-refractivity contribution in [3.8, 4) is 0 Å². The van der Waals surface area contributed by atoms with Crippen LogP contribution in [0.2, 0.25) is 0 Å². The molecule has 2 atom stereocenters. The highest BCUT2D eigenvalue weighted by Gasteiger charge is 2.31. The van der Waals surface area contributed by atoms with E-state index in [1.54, 1.807) is 12.1 Å². The normalized spacial score (nSPS) is 38.6. The van der Waals surface area contributed by atoms with Crippen LogP contribution in [-0.2, 0) is 4.94 Å². The summed E-state index contributed by atoms with van der Waals surface area (Å²) < 4.78 is 0. The summed E-state index contributed by atoms with van der Waals surface area (Å²) in [7, 11) is 1.70. The maximum absolute atomic E-state index is 5.31. The standard InChI is InChI=1S/C3H9N3O/c1-5-7-6-2-3(6)4/h3,5H,2,4H2,1H3. The zero-order chi connectivity index (χ0) is 5.28. The van der Waals surface area contributed by atoms with Gasteiger partial charge in [0, 0.05) is 7.05 Å². The van der Waals surface area contributed by atoms with Crippen LogP contribution in [0.15, 0.2) is 0 Å². The Morgan fingerprint density at radius 2 is 2.57 bits per heavy atom. The van der Waals surface area contributed by atoms with Crippen molar-refractivity contribution >= 4 is 0 Å². The second-order valence-corrected chi connectivity index (χ2v) is 1.46. The van der Waals surface area contributed by atoms with Gasteiger partial charge in [-0.3, -0.25) is 0 Å². The van der Waals surface area contributed by atoms with E-state index < -0.39 is 0 Å². The Morgan fingerprint density at radius 3 is 2.71 bits per heavy atom. The third kappa shape index (κ3) is 1.10. The average molecular weight is 103 g/mol. The van der Waals surface area contributed by atoms with Crippen LogP contribution in [0.5, 0.6) is 0 Å². The molecule has 1 fully saturated rings. The molecule has 0 aromatic carbocycles. The lowest BCUT2D eigenvalue weighted by atomic mass is 10.8. The highest BCUT2D eigenvalue weighted by molar-refractivity contribution is 4.73. The van der Waals surface area contributed by atoms with E-state index in [-0.39, 0.29) is 6.17 Å². The minimum Gasteiger partial charge on any atom is -0.313 e. The monoisotopic (exact) mass is 103 g/mol. The van der Waals surface area contributed by atoms with Gasteiger partial charge in [0.15, 0.2) is 0 Å². The van der Waals surface area contributed by atoms with Crippen LogP contribution in [0.3, 0.4) is 0 Å². The Labute approximate surface area is 42.1 Å². The van der Waals surface area contributed by atoms with E-state index in [9.17, 15) is 0 Å². The molecule has 1 aliphatic heterocycles. The fourth-order valence-corrected chi connectivity index (χ4v) is 0.359. The van der Waals surface area contributed by atoms with E-state index in [1.807, 2.05) is 0 Å². The van der Waals surface area contributed by atoms with Crippen molar-refractivity contribution in [2.45, 2.75) is 6.17 Å². The fourth-order valence-electron chi connectivity index (χ4n) is 0.359. The average Bonchev–Trinajstić information content (AvgIpc) is 2.22. The summed E-state index contributed by atoms with van der Waals surface area (Å²) in [5, 5.41) is 1.64. The molecule has 0 saturated carbocycles. The van der Waals surface area contributed by atoms with Gasteiger partial charge < -0.3 is 5.73 Å². The number of hydroxylamine groups is 3. The summed E-state index contributed by atoms with van der Waals surface area (Å²) >= 11 is 0. The minimum atomic E-state index is 0.118. The molecule has 1 aliphatic rings. The number of hydrogen-bond donors (Lipinski definition) is 2. The smallest absolute Gasteiger partial charge is 0.0992 e. The van der Waals surface area contributed by atoms with Crippen molar-refractivity contribution < 1.29 is 4.94 Å². The lowest BCUT2D eigenvalue weighted by Crippen LogP contribution is -2.17. The SMILES string of the molecule is CNON1CC1N. The Bertz CT molecular complexity index is 67.2. The van der Waals surface area contributed by atoms with E-state index in [2.05, 4.69) is 5.48 Å². The molecule has 0 aromatic heterocycles. The zero-order valence-electron chi connectivity index (χ0n) is 4.22. The Hall–Kier alpha value is -0.160. The van der Waals surface area contributed by atoms with Crippen LogP contribution in [-0.4, -0.2) is 24.8 Å². The second-order valence-electron chi connectivity index (χ2n) is 1.46. The molecule has 1 heterocycles. The van der Waals surface area contributed by atoms with Gasteiger partial charge in [0.05, 0.1) is 12.7 Å². The van der Waals surface area contributed by atoms with E-state index in [0.29, 0.717) is 0 Å². The lowest BCUT2D eigenvalue weighted by Gasteiger charge is -1.96. The Balaban J connectivity index is 1.98. The lowest BCUT2D eigenvalue weighted by molar-refractivity contribution is -0.130. The van der Waals surface area contributed by atoms with Crippen molar-refractivity contribution in [3.63, 3.8) is 0 Å². The van der Waals surface area contributed by atoms with E-state index in [0.717, 1.165) is 6.54 Å². The molecule has 4 heteroatoms. The quantitative estimate of drug-likeness (QED) is 0.335. The Morgan fingerprint density at radius 1 is 2.00 bits per heavy atom. The topological polar surface area (TPSA) is 50.3 Å². The van der Waals surface area contributed by atoms with Gasteiger partial charge in [-0.15, -0.1) is 5.06 Å². The molecule has 0 radical (unpaired) electrons. The Kier molecular flexibility index (Phi) is 1.25. The number of nitrogens with zero attached hydrogens (tertiary/aromatic N) is 1. The molecular weight excluding hydrogens is 94.1 g/mol. The summed E-state index contributed by atoms with van der Waals surface area (Å²) in [6, 6.07) is 0. The minimum absolute atomic E-state index is 0.118. The molecule has 0 spiro atoms. The fraction of sp³-hybridized carbons (Fsp3) is 1.00. The third-order valence-electron chi connectivity index (χ3n) is 0.812. The molecule has 0 bridgehead atoms. The highest BCUT2D eigenvalue weighted by Crippen LogP contribution is 2.07. The van der Waals surface area contributed by atoms with E-state index in [1.165, 1.54) is 0 Å². The number of rotatable bonds is 2. The van der Waals surface area contributed by atoms with Gasteiger partial charge in [-0.1, -0.05) is 0 Å². The first-order chi connectivity index (χ1) is 3.34. The molecule has 7 heavy (non-hydrogen) atoms. The molecule has 0 aliphatic carbocycles. The van der Waals surface area contributed by atoms with Gasteiger partial charge in [-0.05, 0) is 0 Å². The second kappa shape index (κ2) is 1.75. The molecule has 0 amide bonds. The molecular formula is C3H9N3O. The first-order valence-electron chi connectivity index (χ1n) is 2.20. The van der Waals surface area contributed by atoms with Gasteiger partial charge in [0.1, 0.15) is 0 Å². The van der Waals surface area contributed by atoms with E-state index >= 15 is 0 Å². The number of hydrogen-bond acceptors (Lipinski definition) is 4. The van der Waals surface area contributed by atoms with Gasteiger partial charge in [-0.25, -0.2) is 4.94 Å². The number of nitrogens with one attached hydrogen (secondary N) is 1. The first-order valence-corrected chi connectivity index (χ1v) is 2.20. The summed E-state index contributed by atoms with van der Waals surface area (Å²) in [5.74, 6) is 0. The molecule has 42 valence electrons. The first kappa shape index (κ1) is 4.99. The summed E-state index contributed by atoms with van der Waals surface area (Å²) in [6.07, 6.45) is 0.118. The predicted molar refractivity (Wildman–Crippen MR) is 24.8 cm³/mol. The van der Waals surface area contributed by atoms with Gasteiger partial charge in [0.25, 0.3) is 0 Å². The van der Waals surface area contributed by atoms with Crippen LogP contribution in [0.25, 0.3) is 0 Å². The van der Waals surface area contributed by atoms with Crippen molar-refractivity contribution in [1.82, 2.24) is 10.5 Å². The molecule has 1 rings (SSSR count). The zero-order valence-corrected chi connectivity index (χ0v) is 4.22. The van der Waals surface area contributed by atoms with Crippen LogP contribution in [0.4, 0.5) is 0 Å². The van der Waals surface area contributed by atoms with Crippen LogP contribution in [0, 0.1) is 0 Å². The van der Waals surface area contributed by atoms with Crippen LogP contribution < -0.4 is 11.2 Å². The maximum atomic E-state index is 5.31. The summed E-state index contributed by atoms with van der Waals surface area (Å²) in [6.45, 7) is 0.834. The largest absolute Gasteiger partial charge is 0.313 e.